The van der Waals surface area contributed by atoms with Gasteiger partial charge in [-0.3, -0.25) is 4.90 Å². The molecule has 0 amide bonds. The summed E-state index contributed by atoms with van der Waals surface area (Å²) < 4.78 is 38.3. The van der Waals surface area contributed by atoms with Crippen LogP contribution in [0.5, 0.6) is 0 Å². The van der Waals surface area contributed by atoms with Gasteiger partial charge in [-0.05, 0) is 31.7 Å². The van der Waals surface area contributed by atoms with Crippen molar-refractivity contribution >= 4 is 0 Å². The van der Waals surface area contributed by atoms with Gasteiger partial charge >= 0.3 is 0 Å². The zero-order valence-electron chi connectivity index (χ0n) is 21.2. The molecule has 7 aliphatic rings. The summed E-state index contributed by atoms with van der Waals surface area (Å²) in [5.41, 5.74) is -1.83. The second-order valence-corrected chi connectivity index (χ2v) is 12.2. The number of fused-ring (bicyclic) bond motifs is 1. The summed E-state index contributed by atoms with van der Waals surface area (Å²) in [6.45, 7) is 4.93. The summed E-state index contributed by atoms with van der Waals surface area (Å²) in [6.07, 6.45) is 3.20. The molecule has 7 fully saturated rings. The molecule has 8 heteroatoms. The Morgan fingerprint density at radius 1 is 1.09 bits per heavy atom. The number of methoxy groups -OCH3 is 4. The van der Waals surface area contributed by atoms with Crippen LogP contribution in [0.2, 0.25) is 0 Å². The van der Waals surface area contributed by atoms with Gasteiger partial charge in [-0.1, -0.05) is 6.92 Å². The SMILES string of the molecule is CCN1C[C@]2(COC)CCC(OC)[C@@]34C5CC6C(OC)C[C@@]7(OCO[C@]7(C(O)C23)C14)C5C6OC. The Morgan fingerprint density at radius 2 is 1.91 bits per heavy atom. The summed E-state index contributed by atoms with van der Waals surface area (Å²) >= 11 is 0. The van der Waals surface area contributed by atoms with Crippen molar-refractivity contribution in [1.29, 1.82) is 0 Å². The van der Waals surface area contributed by atoms with E-state index >= 15 is 0 Å². The van der Waals surface area contributed by atoms with Gasteiger partial charge in [0.2, 0.25) is 0 Å². The van der Waals surface area contributed by atoms with Gasteiger partial charge in [0.1, 0.15) is 18.0 Å². The Balaban J connectivity index is 1.55. The minimum absolute atomic E-state index is 0.0240. The van der Waals surface area contributed by atoms with E-state index in [1.165, 1.54) is 0 Å². The first-order valence-corrected chi connectivity index (χ1v) is 13.2. The Morgan fingerprint density at radius 3 is 2.59 bits per heavy atom. The lowest BCUT2D eigenvalue weighted by molar-refractivity contribution is -0.287. The normalized spacial score (nSPS) is 61.1. The maximum absolute atomic E-state index is 12.6. The van der Waals surface area contributed by atoms with E-state index in [9.17, 15) is 5.11 Å². The molecular weight excluding hydrogens is 438 g/mol. The van der Waals surface area contributed by atoms with Crippen molar-refractivity contribution in [3.8, 4) is 0 Å². The lowest BCUT2D eigenvalue weighted by Gasteiger charge is -2.70. The first-order chi connectivity index (χ1) is 16.5. The minimum Gasteiger partial charge on any atom is -0.390 e. The quantitative estimate of drug-likeness (QED) is 0.611. The van der Waals surface area contributed by atoms with Crippen molar-refractivity contribution in [3.63, 3.8) is 0 Å². The summed E-state index contributed by atoms with van der Waals surface area (Å²) in [7, 11) is 7.32. The van der Waals surface area contributed by atoms with Crippen molar-refractivity contribution in [3.05, 3.63) is 0 Å². The summed E-state index contributed by atoms with van der Waals surface area (Å²) in [4.78, 5) is 2.61. The van der Waals surface area contributed by atoms with Gasteiger partial charge in [-0.2, -0.15) is 0 Å². The van der Waals surface area contributed by atoms with Crippen LogP contribution in [0.1, 0.15) is 32.6 Å². The van der Waals surface area contributed by atoms with E-state index < -0.39 is 17.3 Å². The number of aliphatic hydroxyl groups excluding tert-OH is 1. The largest absolute Gasteiger partial charge is 0.390 e. The fourth-order valence-corrected chi connectivity index (χ4v) is 11.7. The van der Waals surface area contributed by atoms with Crippen LogP contribution in [0.4, 0.5) is 0 Å². The third-order valence-electron chi connectivity index (χ3n) is 12.0. The monoisotopic (exact) mass is 479 g/mol. The molecule has 0 aromatic heterocycles. The molecule has 1 N–H and O–H groups in total. The van der Waals surface area contributed by atoms with Crippen molar-refractivity contribution in [1.82, 2.24) is 4.90 Å². The lowest BCUT2D eigenvalue weighted by Crippen LogP contribution is -2.81. The van der Waals surface area contributed by atoms with Crippen LogP contribution in [0.25, 0.3) is 0 Å². The fraction of sp³-hybridized carbons (Fsp3) is 1.00. The first kappa shape index (κ1) is 22.8. The van der Waals surface area contributed by atoms with E-state index in [4.69, 9.17) is 28.4 Å². The van der Waals surface area contributed by atoms with Crippen molar-refractivity contribution < 1.29 is 33.5 Å². The van der Waals surface area contributed by atoms with Gasteiger partial charge in [0.25, 0.3) is 0 Å². The molecule has 7 bridgehead atoms. The third kappa shape index (κ3) is 2.05. The van der Waals surface area contributed by atoms with Gasteiger partial charge in [0.15, 0.2) is 0 Å². The number of rotatable bonds is 6. The third-order valence-corrected chi connectivity index (χ3v) is 12.0. The molecular formula is C26H41NO7. The predicted octanol–water partition coefficient (Wildman–Crippen LogP) is 1.29. The van der Waals surface area contributed by atoms with Crippen LogP contribution in [-0.2, 0) is 28.4 Å². The number of ether oxygens (including phenoxy) is 6. The standard InChI is InChI=1S/C26H41NO7/c1-6-27-11-23(12-29-2)8-7-17(31-4)25-15-9-14-16(30-3)10-24(18(15)19(14)32-5)26(22(25)27,34-13-33-24)21(28)20(23)25/h14-22,28H,6-13H2,1-5H3/t14?,15?,16?,17?,18?,19?,20?,21?,22?,23-,24+,25-,26+/m0/s1. The lowest BCUT2D eigenvalue weighted by atomic mass is 9.42. The van der Waals surface area contributed by atoms with E-state index in [0.29, 0.717) is 18.4 Å². The van der Waals surface area contributed by atoms with Crippen LogP contribution in [0.15, 0.2) is 0 Å². The van der Waals surface area contributed by atoms with E-state index in [-0.39, 0.29) is 53.8 Å². The van der Waals surface area contributed by atoms with Gasteiger partial charge < -0.3 is 33.5 Å². The molecule has 7 rings (SSSR count). The number of likely N-dealkylation sites (N-methyl/N-ethyl adjacent to an activating group) is 1. The smallest absolute Gasteiger partial charge is 0.148 e. The molecule has 2 heterocycles. The zero-order valence-corrected chi connectivity index (χ0v) is 21.2. The molecule has 0 aromatic carbocycles. The van der Waals surface area contributed by atoms with Crippen LogP contribution in [0, 0.1) is 34.5 Å². The molecule has 5 saturated carbocycles. The molecule has 0 radical (unpaired) electrons. The average molecular weight is 480 g/mol. The van der Waals surface area contributed by atoms with Gasteiger partial charge in [0, 0.05) is 70.0 Å². The van der Waals surface area contributed by atoms with Gasteiger partial charge in [-0.25, -0.2) is 0 Å². The highest BCUT2D eigenvalue weighted by Crippen LogP contribution is 2.82. The zero-order chi connectivity index (χ0) is 23.7. The molecule has 5 aliphatic carbocycles. The maximum atomic E-state index is 12.6. The number of hydrogen-bond acceptors (Lipinski definition) is 8. The number of piperidine rings is 1. The minimum atomic E-state index is -0.825. The van der Waals surface area contributed by atoms with E-state index in [1.54, 1.807) is 7.11 Å². The van der Waals surface area contributed by atoms with E-state index in [1.807, 2.05) is 21.3 Å². The molecule has 0 aromatic rings. The summed E-state index contributed by atoms with van der Waals surface area (Å²) in [5, 5.41) is 12.6. The molecule has 192 valence electrons. The number of nitrogens with zero attached hydrogens (tertiary/aromatic N) is 1. The van der Waals surface area contributed by atoms with Gasteiger partial charge in [-0.15, -0.1) is 0 Å². The number of hydrogen-bond donors (Lipinski definition) is 1. The van der Waals surface area contributed by atoms with Gasteiger partial charge in [0.05, 0.1) is 37.1 Å². The summed E-state index contributed by atoms with van der Waals surface area (Å²) in [5.74, 6) is 0.813. The highest BCUT2D eigenvalue weighted by molar-refractivity contribution is 5.42. The van der Waals surface area contributed by atoms with Crippen LogP contribution >= 0.6 is 0 Å². The van der Waals surface area contributed by atoms with Crippen molar-refractivity contribution in [2.75, 3.05) is 54.9 Å². The van der Waals surface area contributed by atoms with Crippen LogP contribution < -0.4 is 0 Å². The second-order valence-electron chi connectivity index (χ2n) is 12.2. The number of aliphatic hydroxyl groups is 1. The second kappa shape index (κ2) is 7.16. The Kier molecular flexibility index (Phi) is 4.81. The Bertz CT molecular complexity index is 859. The molecule has 34 heavy (non-hydrogen) atoms. The predicted molar refractivity (Wildman–Crippen MR) is 121 cm³/mol. The summed E-state index contributed by atoms with van der Waals surface area (Å²) in [6, 6.07) is 0.0378. The molecule has 2 aliphatic heterocycles. The van der Waals surface area contributed by atoms with Crippen molar-refractivity contribution in [2.45, 2.75) is 74.3 Å². The molecule has 9 unspecified atom stereocenters. The Hall–Kier alpha value is -0.320. The average Bonchev–Trinajstić information content (AvgIpc) is 3.42. The highest BCUT2D eigenvalue weighted by Gasteiger charge is 2.93. The molecule has 8 nitrogen and oxygen atoms in total. The van der Waals surface area contributed by atoms with Crippen LogP contribution in [0.3, 0.4) is 0 Å². The Labute approximate surface area is 202 Å². The fourth-order valence-electron chi connectivity index (χ4n) is 11.7. The topological polar surface area (TPSA) is 78.9 Å². The number of likely N-dealkylation sites (tertiary alicyclic amines) is 1. The maximum Gasteiger partial charge on any atom is 0.148 e. The first-order valence-electron chi connectivity index (χ1n) is 13.2. The van der Waals surface area contributed by atoms with Crippen molar-refractivity contribution in [2.24, 2.45) is 34.5 Å². The molecule has 3 spiro atoms. The van der Waals surface area contributed by atoms with E-state index in [2.05, 4.69) is 11.8 Å². The van der Waals surface area contributed by atoms with Crippen LogP contribution in [-0.4, -0.2) is 107 Å². The highest BCUT2D eigenvalue weighted by atomic mass is 16.7. The molecule has 2 saturated heterocycles. The van der Waals surface area contributed by atoms with E-state index in [0.717, 1.165) is 38.8 Å². The molecule has 13 atom stereocenters.